The van der Waals surface area contributed by atoms with Crippen LogP contribution in [0.2, 0.25) is 0 Å². The molecule has 0 bridgehead atoms. The standard InChI is InChI=1S/C17H25NO3/c1-17(2,3)21-16(19)18-15(12-13-20-4)11-10-14-8-6-5-7-9-14/h5-9,12-13,15H,10-11H2,1-4H3,(H,18,19)/b13-12+/t15-/m0/s1. The van der Waals surface area contributed by atoms with Gasteiger partial charge in [0.1, 0.15) is 5.60 Å². The van der Waals surface area contributed by atoms with E-state index in [-0.39, 0.29) is 6.04 Å². The van der Waals surface area contributed by atoms with E-state index < -0.39 is 11.7 Å². The summed E-state index contributed by atoms with van der Waals surface area (Å²) in [6.07, 6.45) is 4.64. The molecule has 0 heterocycles. The molecular formula is C17H25NO3. The molecule has 4 nitrogen and oxygen atoms in total. The summed E-state index contributed by atoms with van der Waals surface area (Å²) in [5.74, 6) is 0. The van der Waals surface area contributed by atoms with Crippen molar-refractivity contribution >= 4 is 6.09 Å². The van der Waals surface area contributed by atoms with Crippen molar-refractivity contribution in [2.75, 3.05) is 7.11 Å². The fraction of sp³-hybridized carbons (Fsp3) is 0.471. The van der Waals surface area contributed by atoms with Crippen molar-refractivity contribution in [3.05, 3.63) is 48.2 Å². The number of nitrogens with one attached hydrogen (secondary N) is 1. The number of carbonyl (C=O) groups excluding carboxylic acids is 1. The van der Waals surface area contributed by atoms with Gasteiger partial charge in [-0.05, 0) is 45.3 Å². The van der Waals surface area contributed by atoms with E-state index in [1.807, 2.05) is 45.0 Å². The summed E-state index contributed by atoms with van der Waals surface area (Å²) in [6, 6.07) is 10.0. The van der Waals surface area contributed by atoms with Crippen LogP contribution < -0.4 is 5.32 Å². The van der Waals surface area contributed by atoms with Crippen LogP contribution in [0.3, 0.4) is 0 Å². The number of alkyl carbamates (subject to hydrolysis) is 1. The highest BCUT2D eigenvalue weighted by Gasteiger charge is 2.18. The molecule has 0 saturated heterocycles. The zero-order valence-electron chi connectivity index (χ0n) is 13.3. The summed E-state index contributed by atoms with van der Waals surface area (Å²) in [5, 5.41) is 2.85. The van der Waals surface area contributed by atoms with Crippen LogP contribution in [-0.4, -0.2) is 24.8 Å². The van der Waals surface area contributed by atoms with Crippen LogP contribution in [-0.2, 0) is 15.9 Å². The van der Waals surface area contributed by atoms with Crippen LogP contribution in [0.5, 0.6) is 0 Å². The van der Waals surface area contributed by atoms with Crippen LogP contribution in [0.25, 0.3) is 0 Å². The van der Waals surface area contributed by atoms with E-state index in [1.54, 1.807) is 13.4 Å². The van der Waals surface area contributed by atoms with Gasteiger partial charge in [-0.1, -0.05) is 30.3 Å². The first kappa shape index (κ1) is 17.1. The number of methoxy groups -OCH3 is 1. The van der Waals surface area contributed by atoms with Crippen LogP contribution in [0.4, 0.5) is 4.79 Å². The molecule has 1 rings (SSSR count). The molecule has 21 heavy (non-hydrogen) atoms. The minimum atomic E-state index is -0.501. The van der Waals surface area contributed by atoms with Crippen molar-refractivity contribution in [3.63, 3.8) is 0 Å². The third-order valence-electron chi connectivity index (χ3n) is 2.74. The lowest BCUT2D eigenvalue weighted by molar-refractivity contribution is 0.0512. The van der Waals surface area contributed by atoms with Crippen molar-refractivity contribution < 1.29 is 14.3 Å². The minimum Gasteiger partial charge on any atom is -0.505 e. The van der Waals surface area contributed by atoms with Gasteiger partial charge in [-0.2, -0.15) is 0 Å². The lowest BCUT2D eigenvalue weighted by atomic mass is 10.1. The fourth-order valence-corrected chi connectivity index (χ4v) is 1.82. The van der Waals surface area contributed by atoms with E-state index in [0.717, 1.165) is 12.8 Å². The third-order valence-corrected chi connectivity index (χ3v) is 2.74. The van der Waals surface area contributed by atoms with E-state index >= 15 is 0 Å². The number of hydrogen-bond donors (Lipinski definition) is 1. The maximum atomic E-state index is 11.8. The average Bonchev–Trinajstić information content (AvgIpc) is 2.41. The molecule has 0 unspecified atom stereocenters. The van der Waals surface area contributed by atoms with E-state index in [9.17, 15) is 4.79 Å². The van der Waals surface area contributed by atoms with E-state index in [1.165, 1.54) is 5.56 Å². The molecule has 1 aromatic rings. The molecule has 0 radical (unpaired) electrons. The van der Waals surface area contributed by atoms with E-state index in [2.05, 4.69) is 17.4 Å². The van der Waals surface area contributed by atoms with Gasteiger partial charge in [-0.15, -0.1) is 0 Å². The molecule has 4 heteroatoms. The number of aryl methyl sites for hydroxylation is 1. The largest absolute Gasteiger partial charge is 0.505 e. The Morgan fingerprint density at radius 2 is 1.95 bits per heavy atom. The summed E-state index contributed by atoms with van der Waals surface area (Å²) < 4.78 is 10.2. The molecule has 0 fully saturated rings. The lowest BCUT2D eigenvalue weighted by Crippen LogP contribution is -2.38. The number of carbonyl (C=O) groups is 1. The predicted octanol–water partition coefficient (Wildman–Crippen LogP) is 3.67. The summed E-state index contributed by atoms with van der Waals surface area (Å²) in [6.45, 7) is 5.53. The third kappa shape index (κ3) is 8.02. The first-order valence-corrected chi connectivity index (χ1v) is 7.13. The molecular weight excluding hydrogens is 266 g/mol. The van der Waals surface area contributed by atoms with Gasteiger partial charge < -0.3 is 14.8 Å². The first-order chi connectivity index (χ1) is 9.90. The van der Waals surface area contributed by atoms with Crippen LogP contribution in [0, 0.1) is 0 Å². The quantitative estimate of drug-likeness (QED) is 0.813. The van der Waals surface area contributed by atoms with Gasteiger partial charge in [-0.3, -0.25) is 0 Å². The molecule has 1 aromatic carbocycles. The second-order valence-electron chi connectivity index (χ2n) is 5.84. The van der Waals surface area contributed by atoms with Crippen LogP contribution >= 0.6 is 0 Å². The average molecular weight is 291 g/mol. The van der Waals surface area contributed by atoms with Gasteiger partial charge >= 0.3 is 6.09 Å². The number of rotatable bonds is 6. The van der Waals surface area contributed by atoms with Gasteiger partial charge in [0.05, 0.1) is 19.4 Å². The van der Waals surface area contributed by atoms with Crippen molar-refractivity contribution in [2.24, 2.45) is 0 Å². The number of ether oxygens (including phenoxy) is 2. The van der Waals surface area contributed by atoms with Crippen molar-refractivity contribution in [2.45, 2.75) is 45.3 Å². The van der Waals surface area contributed by atoms with Crippen molar-refractivity contribution in [3.8, 4) is 0 Å². The number of benzene rings is 1. The SMILES string of the molecule is CO/C=C/[C@H](CCc1ccccc1)NC(=O)OC(C)(C)C. The molecule has 0 aliphatic heterocycles. The Labute approximate surface area is 127 Å². The van der Waals surface area contributed by atoms with Crippen LogP contribution in [0.15, 0.2) is 42.7 Å². The Hall–Kier alpha value is -1.97. The molecule has 1 amide bonds. The maximum absolute atomic E-state index is 11.8. The zero-order valence-corrected chi connectivity index (χ0v) is 13.3. The zero-order chi connectivity index (χ0) is 15.7. The van der Waals surface area contributed by atoms with E-state index in [0.29, 0.717) is 0 Å². The molecule has 0 spiro atoms. The van der Waals surface area contributed by atoms with Gasteiger partial charge in [0.25, 0.3) is 0 Å². The van der Waals surface area contributed by atoms with Gasteiger partial charge in [0.15, 0.2) is 0 Å². The van der Waals surface area contributed by atoms with Gasteiger partial charge in [-0.25, -0.2) is 4.79 Å². The first-order valence-electron chi connectivity index (χ1n) is 7.13. The number of amides is 1. The summed E-state index contributed by atoms with van der Waals surface area (Å²) in [5.41, 5.74) is 0.735. The Balaban J connectivity index is 2.55. The maximum Gasteiger partial charge on any atom is 0.408 e. The Morgan fingerprint density at radius 3 is 2.52 bits per heavy atom. The molecule has 0 saturated carbocycles. The Bertz CT molecular complexity index is 449. The van der Waals surface area contributed by atoms with E-state index in [4.69, 9.17) is 9.47 Å². The molecule has 1 atom stereocenters. The lowest BCUT2D eigenvalue weighted by Gasteiger charge is -2.22. The fourth-order valence-electron chi connectivity index (χ4n) is 1.82. The second kappa shape index (κ2) is 8.35. The summed E-state index contributed by atoms with van der Waals surface area (Å²) in [7, 11) is 1.58. The smallest absolute Gasteiger partial charge is 0.408 e. The topological polar surface area (TPSA) is 47.6 Å². The second-order valence-corrected chi connectivity index (χ2v) is 5.84. The summed E-state index contributed by atoms with van der Waals surface area (Å²) >= 11 is 0. The number of hydrogen-bond acceptors (Lipinski definition) is 3. The molecule has 116 valence electrons. The Kier molecular flexibility index (Phi) is 6.79. The Morgan fingerprint density at radius 1 is 1.29 bits per heavy atom. The van der Waals surface area contributed by atoms with Gasteiger partial charge in [0.2, 0.25) is 0 Å². The normalized spacial score (nSPS) is 13.0. The highest BCUT2D eigenvalue weighted by molar-refractivity contribution is 5.68. The van der Waals surface area contributed by atoms with Crippen molar-refractivity contribution in [1.82, 2.24) is 5.32 Å². The monoisotopic (exact) mass is 291 g/mol. The molecule has 0 aromatic heterocycles. The van der Waals surface area contributed by atoms with Gasteiger partial charge in [0, 0.05) is 0 Å². The summed E-state index contributed by atoms with van der Waals surface area (Å²) in [4.78, 5) is 11.8. The highest BCUT2D eigenvalue weighted by Crippen LogP contribution is 2.09. The predicted molar refractivity (Wildman–Crippen MR) is 84.1 cm³/mol. The molecule has 1 N–H and O–H groups in total. The molecule has 0 aliphatic rings. The molecule has 0 aliphatic carbocycles. The van der Waals surface area contributed by atoms with Crippen molar-refractivity contribution in [1.29, 1.82) is 0 Å². The minimum absolute atomic E-state index is 0.125. The highest BCUT2D eigenvalue weighted by atomic mass is 16.6. The van der Waals surface area contributed by atoms with Crippen LogP contribution in [0.1, 0.15) is 32.8 Å².